The number of hydrogen-bond donors (Lipinski definition) is 1. The van der Waals surface area contributed by atoms with Crippen LogP contribution in [0.5, 0.6) is 0 Å². The first-order chi connectivity index (χ1) is 16.2. The molecule has 182 valence electrons. The van der Waals surface area contributed by atoms with Crippen molar-refractivity contribution in [2.75, 3.05) is 26.0 Å². The molecule has 1 spiro atoms. The monoisotopic (exact) mass is 489 g/mol. The third kappa shape index (κ3) is 4.20. The number of sulfonamides is 1. The maximum atomic E-state index is 15.7. The third-order valence-electron chi connectivity index (χ3n) is 7.57. The zero-order chi connectivity index (χ0) is 24.1. The molecule has 1 saturated carbocycles. The Morgan fingerprint density at radius 2 is 1.85 bits per heavy atom. The van der Waals surface area contributed by atoms with E-state index in [-0.39, 0.29) is 23.7 Å². The normalized spacial score (nSPS) is 25.4. The van der Waals surface area contributed by atoms with E-state index in [0.29, 0.717) is 30.6 Å². The van der Waals surface area contributed by atoms with Crippen LogP contribution >= 0.6 is 0 Å². The van der Waals surface area contributed by atoms with Crippen LogP contribution < -0.4 is 4.72 Å². The lowest BCUT2D eigenvalue weighted by atomic mass is 9.91. The summed E-state index contributed by atoms with van der Waals surface area (Å²) in [6.45, 7) is 0.263. The number of benzene rings is 2. The summed E-state index contributed by atoms with van der Waals surface area (Å²) in [5.74, 6) is -0.374. The van der Waals surface area contributed by atoms with Crippen LogP contribution in [0, 0.1) is 11.2 Å². The molecule has 3 fully saturated rings. The summed E-state index contributed by atoms with van der Waals surface area (Å²) < 4.78 is 56.2. The minimum atomic E-state index is -3.56. The van der Waals surface area contributed by atoms with E-state index in [1.807, 2.05) is 30.3 Å². The lowest BCUT2D eigenvalue weighted by molar-refractivity contribution is 0.0671. The number of nitrogens with zero attached hydrogens (tertiary/aromatic N) is 2. The fraction of sp³-hybridized carbons (Fsp3) is 0.480. The number of urea groups is 1. The number of halogens is 2. The molecule has 1 N–H and O–H groups in total. The van der Waals surface area contributed by atoms with Crippen molar-refractivity contribution >= 4 is 16.1 Å². The SMILES string of the molecule is CS(=O)(=O)N[C@@H]1[C@H](Cc2cccc(-c3ccccc3)c2F)N(C(=O)N2CC[C@H]2CF)CC12CC2. The van der Waals surface area contributed by atoms with Crippen molar-refractivity contribution < 1.29 is 22.0 Å². The lowest BCUT2D eigenvalue weighted by Gasteiger charge is -2.43. The molecule has 34 heavy (non-hydrogen) atoms. The van der Waals surface area contributed by atoms with Crippen molar-refractivity contribution in [3.8, 4) is 11.1 Å². The van der Waals surface area contributed by atoms with Crippen LogP contribution in [-0.4, -0.2) is 68.4 Å². The number of amides is 2. The van der Waals surface area contributed by atoms with E-state index >= 15 is 4.39 Å². The maximum Gasteiger partial charge on any atom is 0.320 e. The summed E-state index contributed by atoms with van der Waals surface area (Å²) >= 11 is 0. The minimum absolute atomic E-state index is 0.168. The second kappa shape index (κ2) is 8.61. The fourth-order valence-corrected chi connectivity index (χ4v) is 6.33. The molecule has 9 heteroatoms. The predicted molar refractivity (Wildman–Crippen MR) is 126 cm³/mol. The number of hydrogen-bond acceptors (Lipinski definition) is 3. The van der Waals surface area contributed by atoms with Gasteiger partial charge in [0.1, 0.15) is 12.5 Å². The molecule has 5 rings (SSSR count). The number of nitrogens with one attached hydrogen (secondary N) is 1. The van der Waals surface area contributed by atoms with E-state index in [4.69, 9.17) is 0 Å². The molecule has 2 aromatic rings. The van der Waals surface area contributed by atoms with Gasteiger partial charge in [-0.1, -0.05) is 48.5 Å². The summed E-state index contributed by atoms with van der Waals surface area (Å²) in [4.78, 5) is 16.6. The van der Waals surface area contributed by atoms with Crippen LogP contribution in [0.1, 0.15) is 24.8 Å². The lowest BCUT2D eigenvalue weighted by Crippen LogP contribution is -2.59. The summed E-state index contributed by atoms with van der Waals surface area (Å²) in [6, 6.07) is 12.6. The van der Waals surface area contributed by atoms with Gasteiger partial charge in [0.05, 0.1) is 18.3 Å². The fourth-order valence-electron chi connectivity index (χ4n) is 5.47. The van der Waals surface area contributed by atoms with Crippen LogP contribution in [0.2, 0.25) is 0 Å². The number of rotatable bonds is 6. The quantitative estimate of drug-likeness (QED) is 0.675. The summed E-state index contributed by atoms with van der Waals surface area (Å²) in [6.07, 6.45) is 3.47. The second-order valence-corrected chi connectivity index (χ2v) is 11.6. The molecular weight excluding hydrogens is 460 g/mol. The molecule has 0 radical (unpaired) electrons. The third-order valence-corrected chi connectivity index (χ3v) is 8.25. The van der Waals surface area contributed by atoms with Crippen molar-refractivity contribution in [2.45, 2.75) is 43.8 Å². The molecule has 0 aromatic heterocycles. The highest BCUT2D eigenvalue weighted by atomic mass is 32.2. The van der Waals surface area contributed by atoms with Crippen molar-refractivity contribution in [2.24, 2.45) is 5.41 Å². The second-order valence-electron chi connectivity index (χ2n) is 9.85. The summed E-state index contributed by atoms with van der Waals surface area (Å²) in [5.41, 5.74) is 1.28. The van der Waals surface area contributed by atoms with Crippen LogP contribution in [0.15, 0.2) is 48.5 Å². The molecule has 0 unspecified atom stereocenters. The number of carbonyl (C=O) groups is 1. The Hall–Kier alpha value is -2.52. The largest absolute Gasteiger partial charge is 0.320 e. The molecule has 3 aliphatic rings. The van der Waals surface area contributed by atoms with Crippen LogP contribution in [0.25, 0.3) is 11.1 Å². The van der Waals surface area contributed by atoms with E-state index in [1.54, 1.807) is 23.1 Å². The van der Waals surface area contributed by atoms with Gasteiger partial charge in [-0.25, -0.2) is 26.7 Å². The molecular formula is C25H29F2N3O3S. The molecule has 2 aromatic carbocycles. The van der Waals surface area contributed by atoms with Gasteiger partial charge in [-0.3, -0.25) is 0 Å². The molecule has 0 bridgehead atoms. The van der Waals surface area contributed by atoms with Crippen molar-refractivity contribution in [1.82, 2.24) is 14.5 Å². The van der Waals surface area contributed by atoms with Gasteiger partial charge in [-0.2, -0.15) is 0 Å². The number of carbonyl (C=O) groups excluding carboxylic acids is 1. The van der Waals surface area contributed by atoms with Gasteiger partial charge in [-0.15, -0.1) is 0 Å². The smallest absolute Gasteiger partial charge is 0.319 e. The van der Waals surface area contributed by atoms with Gasteiger partial charge in [0.2, 0.25) is 10.0 Å². The molecule has 2 heterocycles. The Labute approximate surface area is 199 Å². The highest BCUT2D eigenvalue weighted by Crippen LogP contribution is 2.56. The summed E-state index contributed by atoms with van der Waals surface area (Å²) in [5, 5.41) is 0. The number of alkyl halides is 1. The van der Waals surface area contributed by atoms with Crippen LogP contribution in [0.4, 0.5) is 13.6 Å². The standard InChI is InChI=1S/C25H29F2N3O3S/c1-34(32,33)28-23-21(14-18-8-5-9-20(22(18)27)17-6-3-2-4-7-17)30(16-25(23)11-12-25)24(31)29-13-10-19(29)15-26/h2-9,19,21,23,28H,10-16H2,1H3/t19-,21-,23+/m0/s1. The van der Waals surface area contributed by atoms with Crippen molar-refractivity contribution in [3.05, 3.63) is 59.9 Å². The van der Waals surface area contributed by atoms with E-state index in [0.717, 1.165) is 24.7 Å². The van der Waals surface area contributed by atoms with E-state index < -0.39 is 34.8 Å². The topological polar surface area (TPSA) is 69.7 Å². The Morgan fingerprint density at radius 1 is 1.12 bits per heavy atom. The Bertz CT molecular complexity index is 1190. The predicted octanol–water partition coefficient (Wildman–Crippen LogP) is 3.58. The van der Waals surface area contributed by atoms with E-state index in [9.17, 15) is 17.6 Å². The molecule has 6 nitrogen and oxygen atoms in total. The van der Waals surface area contributed by atoms with E-state index in [1.165, 1.54) is 4.90 Å². The van der Waals surface area contributed by atoms with Gasteiger partial charge in [0, 0.05) is 30.1 Å². The molecule has 2 saturated heterocycles. The zero-order valence-corrected chi connectivity index (χ0v) is 19.9. The Morgan fingerprint density at radius 3 is 2.44 bits per heavy atom. The first-order valence-corrected chi connectivity index (χ1v) is 13.5. The van der Waals surface area contributed by atoms with Gasteiger partial charge in [0.25, 0.3) is 0 Å². The molecule has 3 atom stereocenters. The zero-order valence-electron chi connectivity index (χ0n) is 19.1. The van der Waals surface area contributed by atoms with Gasteiger partial charge < -0.3 is 9.80 Å². The average molecular weight is 490 g/mol. The highest BCUT2D eigenvalue weighted by molar-refractivity contribution is 7.88. The van der Waals surface area contributed by atoms with Gasteiger partial charge >= 0.3 is 6.03 Å². The molecule has 1 aliphatic carbocycles. The molecule has 2 amide bonds. The van der Waals surface area contributed by atoms with Crippen molar-refractivity contribution in [3.63, 3.8) is 0 Å². The van der Waals surface area contributed by atoms with Crippen LogP contribution in [0.3, 0.4) is 0 Å². The Balaban J connectivity index is 1.50. The van der Waals surface area contributed by atoms with Crippen molar-refractivity contribution in [1.29, 1.82) is 0 Å². The maximum absolute atomic E-state index is 15.7. The van der Waals surface area contributed by atoms with Crippen LogP contribution in [-0.2, 0) is 16.4 Å². The minimum Gasteiger partial charge on any atom is -0.319 e. The average Bonchev–Trinajstić information content (AvgIpc) is 3.50. The molecule has 2 aliphatic heterocycles. The first kappa shape index (κ1) is 23.2. The highest BCUT2D eigenvalue weighted by Gasteiger charge is 2.62. The number of likely N-dealkylation sites (tertiary alicyclic amines) is 2. The summed E-state index contributed by atoms with van der Waals surface area (Å²) in [7, 11) is -3.56. The Kier molecular flexibility index (Phi) is 5.88. The van der Waals surface area contributed by atoms with E-state index in [2.05, 4.69) is 4.72 Å². The first-order valence-electron chi connectivity index (χ1n) is 11.7. The van der Waals surface area contributed by atoms with Gasteiger partial charge in [0.15, 0.2) is 0 Å². The van der Waals surface area contributed by atoms with Gasteiger partial charge in [-0.05, 0) is 36.8 Å².